The van der Waals surface area contributed by atoms with Crippen molar-refractivity contribution in [2.24, 2.45) is 0 Å². The molecular weight excluding hydrogens is 376 g/mol. The highest BCUT2D eigenvalue weighted by Gasteiger charge is 2.19. The maximum absolute atomic E-state index is 12.2. The molecule has 0 amide bonds. The summed E-state index contributed by atoms with van der Waals surface area (Å²) in [5, 5.41) is 0. The van der Waals surface area contributed by atoms with E-state index in [4.69, 9.17) is 9.47 Å². The Morgan fingerprint density at radius 2 is 1.68 bits per heavy atom. The molecule has 1 N–H and O–H groups in total. The first-order chi connectivity index (χ1) is 13.5. The molecular formula is C21H28N2O4S. The predicted octanol–water partition coefficient (Wildman–Crippen LogP) is 2.82. The highest BCUT2D eigenvalue weighted by atomic mass is 32.2. The minimum absolute atomic E-state index is 0.312. The van der Waals surface area contributed by atoms with Crippen molar-refractivity contribution in [1.82, 2.24) is 9.62 Å². The molecule has 1 aliphatic heterocycles. The van der Waals surface area contributed by atoms with Gasteiger partial charge in [0.05, 0.1) is 19.1 Å². The maximum atomic E-state index is 12.2. The molecule has 0 saturated heterocycles. The van der Waals surface area contributed by atoms with Crippen molar-refractivity contribution in [3.05, 3.63) is 53.6 Å². The van der Waals surface area contributed by atoms with Gasteiger partial charge in [0.25, 0.3) is 0 Å². The second-order valence-electron chi connectivity index (χ2n) is 6.92. The van der Waals surface area contributed by atoms with Crippen molar-refractivity contribution in [2.75, 3.05) is 33.9 Å². The number of methoxy groups -OCH3 is 2. The Morgan fingerprint density at radius 3 is 2.36 bits per heavy atom. The van der Waals surface area contributed by atoms with E-state index in [0.29, 0.717) is 11.4 Å². The summed E-state index contributed by atoms with van der Waals surface area (Å²) in [6.07, 6.45) is 2.73. The number of fused-ring (bicyclic) bond motifs is 1. The standard InChI is InChI=1S/C21H28N2O4S/c1-26-20-14-17-10-13-23(16-18(17)15-21(20)27-2)12-7-6-11-22-28(24,25)19-8-4-3-5-9-19/h3-5,8-9,14-15,22H,6-7,10-13,16H2,1-2H3. The highest BCUT2D eigenvalue weighted by molar-refractivity contribution is 7.89. The van der Waals surface area contributed by atoms with E-state index in [-0.39, 0.29) is 0 Å². The summed E-state index contributed by atoms with van der Waals surface area (Å²) < 4.78 is 37.9. The van der Waals surface area contributed by atoms with Crippen LogP contribution < -0.4 is 14.2 Å². The molecule has 1 aliphatic rings. The number of nitrogens with one attached hydrogen (secondary N) is 1. The lowest BCUT2D eigenvalue weighted by atomic mass is 9.98. The van der Waals surface area contributed by atoms with Crippen LogP contribution in [0, 0.1) is 0 Å². The fourth-order valence-corrected chi connectivity index (χ4v) is 4.58. The number of sulfonamides is 1. The molecule has 28 heavy (non-hydrogen) atoms. The number of benzene rings is 2. The lowest BCUT2D eigenvalue weighted by Gasteiger charge is -2.29. The third-order valence-corrected chi connectivity index (χ3v) is 6.52. The third-order valence-electron chi connectivity index (χ3n) is 5.04. The van der Waals surface area contributed by atoms with Crippen LogP contribution in [0.25, 0.3) is 0 Å². The Morgan fingerprint density at radius 1 is 1.00 bits per heavy atom. The summed E-state index contributed by atoms with van der Waals surface area (Å²) in [7, 11) is -0.0970. The van der Waals surface area contributed by atoms with E-state index < -0.39 is 10.0 Å². The molecule has 0 aromatic heterocycles. The number of nitrogens with zero attached hydrogens (tertiary/aromatic N) is 1. The molecule has 6 nitrogen and oxygen atoms in total. The zero-order valence-corrected chi connectivity index (χ0v) is 17.3. The molecule has 0 spiro atoms. The second kappa shape index (κ2) is 9.41. The smallest absolute Gasteiger partial charge is 0.240 e. The monoisotopic (exact) mass is 404 g/mol. The number of hydrogen-bond donors (Lipinski definition) is 1. The van der Waals surface area contributed by atoms with Gasteiger partial charge in [0.15, 0.2) is 11.5 Å². The van der Waals surface area contributed by atoms with E-state index in [0.717, 1.165) is 50.4 Å². The van der Waals surface area contributed by atoms with Gasteiger partial charge in [-0.15, -0.1) is 0 Å². The topological polar surface area (TPSA) is 67.9 Å². The van der Waals surface area contributed by atoms with Gasteiger partial charge in [0, 0.05) is 19.6 Å². The first-order valence-electron chi connectivity index (χ1n) is 9.54. The molecule has 152 valence electrons. The number of ether oxygens (including phenoxy) is 2. The van der Waals surface area contributed by atoms with Crippen molar-refractivity contribution in [2.45, 2.75) is 30.7 Å². The predicted molar refractivity (Wildman–Crippen MR) is 109 cm³/mol. The van der Waals surface area contributed by atoms with E-state index in [9.17, 15) is 8.42 Å². The molecule has 0 unspecified atom stereocenters. The molecule has 0 aliphatic carbocycles. The molecule has 1 heterocycles. The van der Waals surface area contributed by atoms with Crippen LogP contribution in [-0.2, 0) is 23.0 Å². The minimum Gasteiger partial charge on any atom is -0.493 e. The van der Waals surface area contributed by atoms with E-state index in [2.05, 4.69) is 21.8 Å². The van der Waals surface area contributed by atoms with Gasteiger partial charge in [-0.2, -0.15) is 0 Å². The van der Waals surface area contributed by atoms with Gasteiger partial charge in [0.1, 0.15) is 0 Å². The van der Waals surface area contributed by atoms with Crippen LogP contribution in [0.4, 0.5) is 0 Å². The fraction of sp³-hybridized carbons (Fsp3) is 0.429. The summed E-state index contributed by atoms with van der Waals surface area (Å²) in [6.45, 7) is 3.27. The Labute approximate surface area is 167 Å². The van der Waals surface area contributed by atoms with Crippen molar-refractivity contribution >= 4 is 10.0 Å². The average molecular weight is 405 g/mol. The molecule has 0 saturated carbocycles. The van der Waals surface area contributed by atoms with Crippen molar-refractivity contribution in [3.8, 4) is 11.5 Å². The summed E-state index contributed by atoms with van der Waals surface area (Å²) in [6, 6.07) is 12.6. The molecule has 0 bridgehead atoms. The van der Waals surface area contributed by atoms with Gasteiger partial charge in [0.2, 0.25) is 10.0 Å². The van der Waals surface area contributed by atoms with Crippen molar-refractivity contribution in [3.63, 3.8) is 0 Å². The molecule has 3 rings (SSSR count). The lowest BCUT2D eigenvalue weighted by molar-refractivity contribution is 0.248. The largest absolute Gasteiger partial charge is 0.493 e. The Kier molecular flexibility index (Phi) is 6.93. The third kappa shape index (κ3) is 5.04. The zero-order chi connectivity index (χ0) is 20.0. The van der Waals surface area contributed by atoms with E-state index in [1.807, 2.05) is 0 Å². The lowest BCUT2D eigenvalue weighted by Crippen LogP contribution is -2.32. The van der Waals surface area contributed by atoms with Gasteiger partial charge in [-0.3, -0.25) is 4.90 Å². The number of unbranched alkanes of at least 4 members (excludes halogenated alkanes) is 1. The highest BCUT2D eigenvalue weighted by Crippen LogP contribution is 2.33. The first-order valence-corrected chi connectivity index (χ1v) is 11.0. The SMILES string of the molecule is COc1cc2c(cc1OC)CN(CCCCNS(=O)(=O)c1ccccc1)CC2. The van der Waals surface area contributed by atoms with Gasteiger partial charge in [-0.1, -0.05) is 18.2 Å². The maximum Gasteiger partial charge on any atom is 0.240 e. The van der Waals surface area contributed by atoms with E-state index in [1.165, 1.54) is 11.1 Å². The van der Waals surface area contributed by atoms with Gasteiger partial charge in [-0.25, -0.2) is 13.1 Å². The number of rotatable bonds is 9. The summed E-state index contributed by atoms with van der Waals surface area (Å²) in [5.74, 6) is 1.54. The van der Waals surface area contributed by atoms with Gasteiger partial charge in [-0.05, 0) is 61.2 Å². The quantitative estimate of drug-likeness (QED) is 0.651. The molecule has 2 aromatic carbocycles. The Balaban J connectivity index is 1.45. The van der Waals surface area contributed by atoms with Crippen molar-refractivity contribution in [1.29, 1.82) is 0 Å². The van der Waals surface area contributed by atoms with Crippen LogP contribution in [0.2, 0.25) is 0 Å². The van der Waals surface area contributed by atoms with E-state index in [1.54, 1.807) is 44.6 Å². The van der Waals surface area contributed by atoms with Gasteiger partial charge >= 0.3 is 0 Å². The molecule has 7 heteroatoms. The molecule has 0 radical (unpaired) electrons. The van der Waals surface area contributed by atoms with Crippen LogP contribution >= 0.6 is 0 Å². The second-order valence-corrected chi connectivity index (χ2v) is 8.69. The fourth-order valence-electron chi connectivity index (χ4n) is 3.48. The van der Waals surface area contributed by atoms with Crippen LogP contribution in [0.3, 0.4) is 0 Å². The number of hydrogen-bond acceptors (Lipinski definition) is 5. The van der Waals surface area contributed by atoms with Gasteiger partial charge < -0.3 is 9.47 Å². The van der Waals surface area contributed by atoms with Crippen LogP contribution in [0.1, 0.15) is 24.0 Å². The summed E-state index contributed by atoms with van der Waals surface area (Å²) in [5.41, 5.74) is 2.58. The summed E-state index contributed by atoms with van der Waals surface area (Å²) in [4.78, 5) is 2.71. The molecule has 0 fully saturated rings. The average Bonchev–Trinajstić information content (AvgIpc) is 2.73. The minimum atomic E-state index is -3.41. The zero-order valence-electron chi connectivity index (χ0n) is 16.5. The normalized spacial score (nSPS) is 14.5. The van der Waals surface area contributed by atoms with Crippen LogP contribution in [0.15, 0.2) is 47.4 Å². The van der Waals surface area contributed by atoms with E-state index >= 15 is 0 Å². The first kappa shape index (κ1) is 20.6. The Bertz CT molecular complexity index is 885. The van der Waals surface area contributed by atoms with Crippen LogP contribution in [0.5, 0.6) is 11.5 Å². The summed E-state index contributed by atoms with van der Waals surface area (Å²) >= 11 is 0. The van der Waals surface area contributed by atoms with Crippen LogP contribution in [-0.4, -0.2) is 47.2 Å². The molecule has 0 atom stereocenters. The Hall–Kier alpha value is -2.09. The molecule has 2 aromatic rings. The van der Waals surface area contributed by atoms with Crippen molar-refractivity contribution < 1.29 is 17.9 Å².